The van der Waals surface area contributed by atoms with Crippen molar-refractivity contribution in [1.82, 2.24) is 9.55 Å². The van der Waals surface area contributed by atoms with Crippen molar-refractivity contribution < 1.29 is 14.3 Å². The van der Waals surface area contributed by atoms with Gasteiger partial charge >= 0.3 is 5.97 Å². The van der Waals surface area contributed by atoms with Crippen LogP contribution in [0.3, 0.4) is 0 Å². The van der Waals surface area contributed by atoms with E-state index in [9.17, 15) is 14.4 Å². The molecule has 0 bridgehead atoms. The normalized spacial score (nSPS) is 10.8. The predicted molar refractivity (Wildman–Crippen MR) is 112 cm³/mol. The monoisotopic (exact) mass is 433 g/mol. The van der Waals surface area contributed by atoms with Gasteiger partial charge in [-0.15, -0.1) is 0 Å². The predicted octanol–water partition coefficient (Wildman–Crippen LogP) is 3.83. The fourth-order valence-electron chi connectivity index (χ4n) is 2.75. The van der Waals surface area contributed by atoms with Crippen LogP contribution in [0.25, 0.3) is 11.0 Å². The zero-order valence-corrected chi connectivity index (χ0v) is 17.2. The van der Waals surface area contributed by atoms with Crippen molar-refractivity contribution in [2.45, 2.75) is 20.4 Å². The topological polar surface area (TPSA) is 90.3 Å². The van der Waals surface area contributed by atoms with E-state index < -0.39 is 23.9 Å². The highest BCUT2D eigenvalue weighted by molar-refractivity contribution is 6.39. The Kier molecular flexibility index (Phi) is 6.20. The third-order valence-electron chi connectivity index (χ3n) is 4.18. The lowest BCUT2D eigenvalue weighted by Gasteiger charge is -2.12. The number of carbonyl (C=O) groups is 2. The van der Waals surface area contributed by atoms with Gasteiger partial charge in [0, 0.05) is 18.4 Å². The Morgan fingerprint density at radius 1 is 1.17 bits per heavy atom. The van der Waals surface area contributed by atoms with E-state index in [2.05, 4.69) is 10.3 Å². The highest BCUT2D eigenvalue weighted by Gasteiger charge is 2.19. The average Bonchev–Trinajstić information content (AvgIpc) is 2.69. The minimum Gasteiger partial charge on any atom is -0.452 e. The number of anilines is 1. The highest BCUT2D eigenvalue weighted by Crippen LogP contribution is 2.29. The first-order chi connectivity index (χ1) is 13.8. The van der Waals surface area contributed by atoms with Crippen LogP contribution in [0.2, 0.25) is 10.0 Å². The molecule has 0 aliphatic carbocycles. The molecule has 29 heavy (non-hydrogen) atoms. The number of carbonyl (C=O) groups excluding carboxylic acids is 2. The first kappa shape index (κ1) is 20.8. The van der Waals surface area contributed by atoms with E-state index in [1.165, 1.54) is 6.20 Å². The Morgan fingerprint density at radius 3 is 2.52 bits per heavy atom. The molecule has 0 saturated carbocycles. The van der Waals surface area contributed by atoms with Crippen molar-refractivity contribution in [2.75, 3.05) is 11.9 Å². The summed E-state index contributed by atoms with van der Waals surface area (Å²) in [4.78, 5) is 41.6. The number of esters is 1. The lowest BCUT2D eigenvalue weighted by atomic mass is 10.2. The Hall–Kier alpha value is -2.90. The number of halogens is 2. The standard InChI is InChI=1S/C20H17Cl2N3O4/c1-3-25-9-13(18(27)12-8-7-11(2)23-19(12)25)20(28)29-10-16(26)24-17-14(21)5-4-6-15(17)22/h4-9H,3,10H2,1-2H3,(H,24,26). The zero-order valence-electron chi connectivity index (χ0n) is 15.7. The number of nitrogens with one attached hydrogen (secondary N) is 1. The Bertz CT molecular complexity index is 1150. The van der Waals surface area contributed by atoms with Gasteiger partial charge in [-0.05, 0) is 38.1 Å². The Morgan fingerprint density at radius 2 is 1.86 bits per heavy atom. The fraction of sp³-hybridized carbons (Fsp3) is 0.200. The van der Waals surface area contributed by atoms with Crippen molar-refractivity contribution in [3.8, 4) is 0 Å². The molecule has 2 aromatic heterocycles. The summed E-state index contributed by atoms with van der Waals surface area (Å²) in [6.07, 6.45) is 1.39. The van der Waals surface area contributed by atoms with Crippen LogP contribution >= 0.6 is 23.2 Å². The van der Waals surface area contributed by atoms with Crippen molar-refractivity contribution in [3.05, 3.63) is 68.1 Å². The molecule has 3 rings (SSSR count). The number of hydrogen-bond donors (Lipinski definition) is 1. The minimum atomic E-state index is -0.903. The van der Waals surface area contributed by atoms with Gasteiger partial charge in [0.25, 0.3) is 5.91 Å². The summed E-state index contributed by atoms with van der Waals surface area (Å²) in [5.41, 5.74) is 0.784. The van der Waals surface area contributed by atoms with Gasteiger partial charge in [-0.2, -0.15) is 0 Å². The van der Waals surface area contributed by atoms with Gasteiger partial charge in [0.15, 0.2) is 6.61 Å². The molecular weight excluding hydrogens is 417 g/mol. The average molecular weight is 434 g/mol. The molecule has 0 unspecified atom stereocenters. The van der Waals surface area contributed by atoms with Crippen molar-refractivity contribution >= 4 is 51.8 Å². The zero-order chi connectivity index (χ0) is 21.1. The minimum absolute atomic E-state index is 0.173. The summed E-state index contributed by atoms with van der Waals surface area (Å²) in [7, 11) is 0. The molecule has 0 atom stereocenters. The van der Waals surface area contributed by atoms with Crippen molar-refractivity contribution in [1.29, 1.82) is 0 Å². The molecule has 1 amide bonds. The Labute approximate surface area is 176 Å². The van der Waals surface area contributed by atoms with E-state index in [0.717, 1.165) is 5.69 Å². The number of pyridine rings is 2. The van der Waals surface area contributed by atoms with Gasteiger partial charge in [-0.1, -0.05) is 29.3 Å². The van der Waals surface area contributed by atoms with E-state index in [4.69, 9.17) is 27.9 Å². The number of amides is 1. The van der Waals surface area contributed by atoms with Gasteiger partial charge in [0.05, 0.1) is 21.1 Å². The fourth-order valence-corrected chi connectivity index (χ4v) is 3.24. The van der Waals surface area contributed by atoms with Crippen LogP contribution in [0.1, 0.15) is 23.0 Å². The summed E-state index contributed by atoms with van der Waals surface area (Å²) in [5.74, 6) is -1.54. The quantitative estimate of drug-likeness (QED) is 0.617. The smallest absolute Gasteiger partial charge is 0.344 e. The number of nitrogens with zero attached hydrogens (tertiary/aromatic N) is 2. The maximum atomic E-state index is 12.7. The van der Waals surface area contributed by atoms with Crippen LogP contribution in [0.5, 0.6) is 0 Å². The molecule has 0 aliphatic rings. The maximum Gasteiger partial charge on any atom is 0.344 e. The molecule has 0 spiro atoms. The third kappa shape index (κ3) is 4.41. The second-order valence-electron chi connectivity index (χ2n) is 6.20. The summed E-state index contributed by atoms with van der Waals surface area (Å²) in [5, 5.41) is 3.29. The van der Waals surface area contributed by atoms with E-state index in [0.29, 0.717) is 17.6 Å². The second kappa shape index (κ2) is 8.63. The van der Waals surface area contributed by atoms with E-state index in [1.807, 2.05) is 13.8 Å². The van der Waals surface area contributed by atoms with Crippen LogP contribution in [-0.2, 0) is 16.1 Å². The van der Waals surface area contributed by atoms with Crippen LogP contribution in [-0.4, -0.2) is 28.0 Å². The maximum absolute atomic E-state index is 12.7. The second-order valence-corrected chi connectivity index (χ2v) is 7.02. The SMILES string of the molecule is CCn1cc(C(=O)OCC(=O)Nc2c(Cl)cccc2Cl)c(=O)c2ccc(C)nc21. The van der Waals surface area contributed by atoms with Gasteiger partial charge in [0.2, 0.25) is 5.43 Å². The molecule has 0 saturated heterocycles. The van der Waals surface area contributed by atoms with Crippen LogP contribution in [0, 0.1) is 6.92 Å². The number of ether oxygens (including phenoxy) is 1. The number of fused-ring (bicyclic) bond motifs is 1. The number of para-hydroxylation sites is 1. The number of aryl methyl sites for hydroxylation is 2. The lowest BCUT2D eigenvalue weighted by molar-refractivity contribution is -0.119. The first-order valence-electron chi connectivity index (χ1n) is 8.73. The molecule has 2 heterocycles. The summed E-state index contributed by atoms with van der Waals surface area (Å²) < 4.78 is 6.71. The molecule has 150 valence electrons. The Balaban J connectivity index is 1.80. The molecule has 0 aliphatic heterocycles. The van der Waals surface area contributed by atoms with Gasteiger partial charge in [-0.25, -0.2) is 9.78 Å². The van der Waals surface area contributed by atoms with Gasteiger partial charge in [0.1, 0.15) is 11.2 Å². The molecule has 1 aromatic carbocycles. The van der Waals surface area contributed by atoms with E-state index in [-0.39, 0.29) is 21.3 Å². The summed E-state index contributed by atoms with van der Waals surface area (Å²) >= 11 is 12.0. The van der Waals surface area contributed by atoms with Gasteiger partial charge in [-0.3, -0.25) is 9.59 Å². The molecule has 3 aromatic rings. The summed E-state index contributed by atoms with van der Waals surface area (Å²) in [6.45, 7) is 3.58. The van der Waals surface area contributed by atoms with Crippen LogP contribution in [0.15, 0.2) is 41.3 Å². The molecular formula is C20H17Cl2N3O4. The van der Waals surface area contributed by atoms with Crippen molar-refractivity contribution in [2.24, 2.45) is 0 Å². The van der Waals surface area contributed by atoms with Crippen molar-refractivity contribution in [3.63, 3.8) is 0 Å². The summed E-state index contributed by atoms with van der Waals surface area (Å²) in [6, 6.07) is 8.07. The van der Waals surface area contributed by atoms with Crippen LogP contribution < -0.4 is 10.7 Å². The third-order valence-corrected chi connectivity index (χ3v) is 4.81. The molecule has 1 N–H and O–H groups in total. The molecule has 7 nitrogen and oxygen atoms in total. The number of rotatable bonds is 5. The molecule has 9 heteroatoms. The number of aromatic nitrogens is 2. The van der Waals surface area contributed by atoms with E-state index >= 15 is 0 Å². The molecule has 0 fully saturated rings. The lowest BCUT2D eigenvalue weighted by Crippen LogP contribution is -2.25. The largest absolute Gasteiger partial charge is 0.452 e. The van der Waals surface area contributed by atoms with Crippen LogP contribution in [0.4, 0.5) is 5.69 Å². The number of hydrogen-bond acceptors (Lipinski definition) is 5. The first-order valence-corrected chi connectivity index (χ1v) is 9.49. The van der Waals surface area contributed by atoms with Gasteiger partial charge < -0.3 is 14.6 Å². The molecule has 0 radical (unpaired) electrons. The number of benzene rings is 1. The highest BCUT2D eigenvalue weighted by atomic mass is 35.5. The van der Waals surface area contributed by atoms with E-state index in [1.54, 1.807) is 34.9 Å².